The van der Waals surface area contributed by atoms with Crippen LogP contribution in [0.5, 0.6) is 0 Å². The lowest BCUT2D eigenvalue weighted by Gasteiger charge is -2.19. The van der Waals surface area contributed by atoms with Crippen molar-refractivity contribution in [2.45, 2.75) is 31.7 Å². The zero-order valence-corrected chi connectivity index (χ0v) is 13.3. The molecule has 0 aromatic carbocycles. The average Bonchev–Trinajstić information content (AvgIpc) is 2.49. The third kappa shape index (κ3) is 4.69. The van der Waals surface area contributed by atoms with Gasteiger partial charge in [-0.05, 0) is 37.1 Å². The Labute approximate surface area is 136 Å². The molecule has 9 heteroatoms. The number of halogens is 3. The summed E-state index contributed by atoms with van der Waals surface area (Å²) < 4.78 is 30.8. The fraction of sp³-hybridized carbons (Fsp3) is 0.429. The summed E-state index contributed by atoms with van der Waals surface area (Å²) in [6.07, 6.45) is 0.911. The molecule has 0 amide bonds. The average molecular weight is 345 g/mol. The summed E-state index contributed by atoms with van der Waals surface area (Å²) in [6, 6.07) is 2.35. The van der Waals surface area contributed by atoms with E-state index in [-0.39, 0.29) is 17.5 Å². The SMILES string of the molecule is COC(=O)C(CCC(C)(F)F)Nc1nc(Cl)nc2cccnc12. The fourth-order valence-electron chi connectivity index (χ4n) is 1.99. The second-order valence-electron chi connectivity index (χ2n) is 5.04. The number of esters is 1. The molecule has 0 saturated heterocycles. The molecule has 1 atom stereocenters. The summed E-state index contributed by atoms with van der Waals surface area (Å²) in [5.41, 5.74) is 0.855. The number of methoxy groups -OCH3 is 1. The molecule has 2 heterocycles. The van der Waals surface area contributed by atoms with E-state index in [1.807, 2.05) is 0 Å². The molecule has 1 N–H and O–H groups in total. The van der Waals surface area contributed by atoms with Crippen LogP contribution in [-0.4, -0.2) is 40.0 Å². The number of ether oxygens (including phenoxy) is 1. The Morgan fingerprint density at radius 3 is 2.87 bits per heavy atom. The highest BCUT2D eigenvalue weighted by Crippen LogP contribution is 2.24. The summed E-state index contributed by atoms with van der Waals surface area (Å²) in [4.78, 5) is 23.9. The van der Waals surface area contributed by atoms with Crippen molar-refractivity contribution >= 4 is 34.4 Å². The summed E-state index contributed by atoms with van der Waals surface area (Å²) in [5.74, 6) is -3.37. The van der Waals surface area contributed by atoms with Gasteiger partial charge in [0.1, 0.15) is 11.6 Å². The molecular formula is C14H15ClF2N4O2. The van der Waals surface area contributed by atoms with E-state index < -0.39 is 24.4 Å². The van der Waals surface area contributed by atoms with E-state index in [1.54, 1.807) is 12.1 Å². The Bertz CT molecular complexity index is 709. The van der Waals surface area contributed by atoms with Crippen LogP contribution in [0.2, 0.25) is 5.28 Å². The highest BCUT2D eigenvalue weighted by molar-refractivity contribution is 6.28. The van der Waals surface area contributed by atoms with E-state index >= 15 is 0 Å². The van der Waals surface area contributed by atoms with Gasteiger partial charge in [0, 0.05) is 12.6 Å². The molecule has 2 aromatic rings. The zero-order chi connectivity index (χ0) is 17.0. The van der Waals surface area contributed by atoms with E-state index in [4.69, 9.17) is 11.6 Å². The van der Waals surface area contributed by atoms with Crippen molar-refractivity contribution in [3.05, 3.63) is 23.6 Å². The number of fused-ring (bicyclic) bond motifs is 1. The molecule has 0 fully saturated rings. The number of nitrogens with one attached hydrogen (secondary N) is 1. The molecule has 0 aliphatic rings. The molecule has 0 radical (unpaired) electrons. The van der Waals surface area contributed by atoms with Crippen LogP contribution in [0.25, 0.3) is 11.0 Å². The van der Waals surface area contributed by atoms with Crippen molar-refractivity contribution in [3.8, 4) is 0 Å². The molecule has 0 aliphatic carbocycles. The van der Waals surface area contributed by atoms with Crippen LogP contribution >= 0.6 is 11.6 Å². The molecule has 2 rings (SSSR count). The number of hydrogen-bond acceptors (Lipinski definition) is 6. The molecule has 6 nitrogen and oxygen atoms in total. The monoisotopic (exact) mass is 344 g/mol. The van der Waals surface area contributed by atoms with Gasteiger partial charge < -0.3 is 10.1 Å². The number of carbonyl (C=O) groups is 1. The Balaban J connectivity index is 2.30. The van der Waals surface area contributed by atoms with Crippen LogP contribution in [0.15, 0.2) is 18.3 Å². The second kappa shape index (κ2) is 6.99. The van der Waals surface area contributed by atoms with E-state index in [2.05, 4.69) is 25.0 Å². The van der Waals surface area contributed by atoms with Gasteiger partial charge in [-0.1, -0.05) is 0 Å². The Morgan fingerprint density at radius 1 is 1.48 bits per heavy atom. The van der Waals surface area contributed by atoms with Crippen molar-refractivity contribution in [2.24, 2.45) is 0 Å². The predicted molar refractivity (Wildman–Crippen MR) is 81.6 cm³/mol. The normalized spacial score (nSPS) is 12.9. The quantitative estimate of drug-likeness (QED) is 0.641. The maximum Gasteiger partial charge on any atom is 0.328 e. The summed E-state index contributed by atoms with van der Waals surface area (Å²) in [6.45, 7) is 0.792. The van der Waals surface area contributed by atoms with E-state index in [0.717, 1.165) is 6.92 Å². The molecule has 1 unspecified atom stereocenters. The number of carbonyl (C=O) groups excluding carboxylic acids is 1. The predicted octanol–water partition coefficient (Wildman–Crippen LogP) is 3.07. The largest absolute Gasteiger partial charge is 0.467 e. The fourth-order valence-corrected chi connectivity index (χ4v) is 2.17. The summed E-state index contributed by atoms with van der Waals surface area (Å²) in [5, 5.41) is 2.74. The minimum absolute atomic E-state index is 0.0440. The summed E-state index contributed by atoms with van der Waals surface area (Å²) in [7, 11) is 1.18. The van der Waals surface area contributed by atoms with Crippen LogP contribution in [0.3, 0.4) is 0 Å². The van der Waals surface area contributed by atoms with Gasteiger partial charge in [-0.25, -0.2) is 18.6 Å². The topological polar surface area (TPSA) is 77.0 Å². The lowest BCUT2D eigenvalue weighted by molar-refractivity contribution is -0.142. The minimum Gasteiger partial charge on any atom is -0.467 e. The number of aromatic nitrogens is 3. The Morgan fingerprint density at radius 2 is 2.22 bits per heavy atom. The number of pyridine rings is 1. The Hall–Kier alpha value is -2.09. The van der Waals surface area contributed by atoms with Crippen LogP contribution in [0.4, 0.5) is 14.6 Å². The van der Waals surface area contributed by atoms with Crippen molar-refractivity contribution in [2.75, 3.05) is 12.4 Å². The third-order valence-corrected chi connectivity index (χ3v) is 3.27. The van der Waals surface area contributed by atoms with Crippen molar-refractivity contribution < 1.29 is 18.3 Å². The summed E-state index contributed by atoms with van der Waals surface area (Å²) >= 11 is 5.84. The first-order valence-corrected chi connectivity index (χ1v) is 7.18. The number of hydrogen-bond donors (Lipinski definition) is 1. The first kappa shape index (κ1) is 17.3. The Kier molecular flexibility index (Phi) is 5.25. The van der Waals surface area contributed by atoms with Gasteiger partial charge in [-0.2, -0.15) is 4.98 Å². The molecule has 23 heavy (non-hydrogen) atoms. The maximum atomic E-state index is 13.1. The van der Waals surface area contributed by atoms with Gasteiger partial charge in [0.25, 0.3) is 0 Å². The first-order chi connectivity index (χ1) is 10.8. The van der Waals surface area contributed by atoms with Gasteiger partial charge >= 0.3 is 5.97 Å². The molecule has 0 spiro atoms. The minimum atomic E-state index is -2.89. The lowest BCUT2D eigenvalue weighted by atomic mass is 10.1. The van der Waals surface area contributed by atoms with Gasteiger partial charge in [0.15, 0.2) is 5.82 Å². The van der Waals surface area contributed by atoms with Crippen LogP contribution < -0.4 is 5.32 Å². The van der Waals surface area contributed by atoms with Gasteiger partial charge in [0.2, 0.25) is 11.2 Å². The second-order valence-corrected chi connectivity index (χ2v) is 5.38. The van der Waals surface area contributed by atoms with Crippen LogP contribution in [0.1, 0.15) is 19.8 Å². The number of alkyl halides is 2. The van der Waals surface area contributed by atoms with Crippen molar-refractivity contribution in [3.63, 3.8) is 0 Å². The van der Waals surface area contributed by atoms with Crippen LogP contribution in [-0.2, 0) is 9.53 Å². The van der Waals surface area contributed by atoms with E-state index in [9.17, 15) is 13.6 Å². The highest BCUT2D eigenvalue weighted by atomic mass is 35.5. The van der Waals surface area contributed by atoms with Crippen molar-refractivity contribution in [1.29, 1.82) is 0 Å². The van der Waals surface area contributed by atoms with Crippen molar-refractivity contribution in [1.82, 2.24) is 15.0 Å². The smallest absolute Gasteiger partial charge is 0.328 e. The standard InChI is InChI=1S/C14H15ClF2N4O2/c1-14(16,17)6-5-9(12(22)23-2)19-11-10-8(4-3-7-18-10)20-13(15)21-11/h3-4,7,9H,5-6H2,1-2H3,(H,19,20,21). The first-order valence-electron chi connectivity index (χ1n) is 6.80. The van der Waals surface area contributed by atoms with Gasteiger partial charge in [0.05, 0.1) is 12.6 Å². The molecule has 0 bridgehead atoms. The van der Waals surface area contributed by atoms with E-state index in [0.29, 0.717) is 11.0 Å². The van der Waals surface area contributed by atoms with Crippen LogP contribution in [0, 0.1) is 0 Å². The van der Waals surface area contributed by atoms with Gasteiger partial charge in [-0.3, -0.25) is 4.98 Å². The lowest BCUT2D eigenvalue weighted by Crippen LogP contribution is -2.32. The number of rotatable bonds is 6. The molecule has 0 aliphatic heterocycles. The van der Waals surface area contributed by atoms with Gasteiger partial charge in [-0.15, -0.1) is 0 Å². The zero-order valence-electron chi connectivity index (χ0n) is 12.5. The molecular weight excluding hydrogens is 330 g/mol. The number of anilines is 1. The van der Waals surface area contributed by atoms with E-state index in [1.165, 1.54) is 13.3 Å². The third-order valence-electron chi connectivity index (χ3n) is 3.10. The number of nitrogens with zero attached hydrogens (tertiary/aromatic N) is 3. The molecule has 0 saturated carbocycles. The molecule has 2 aromatic heterocycles. The maximum absolute atomic E-state index is 13.1. The molecule has 124 valence electrons. The highest BCUT2D eigenvalue weighted by Gasteiger charge is 2.28.